The zero-order chi connectivity index (χ0) is 18.1. The van der Waals surface area contributed by atoms with Gasteiger partial charge < -0.3 is 0 Å². The molecule has 1 heterocycles. The molecule has 0 saturated heterocycles. The lowest BCUT2D eigenvalue weighted by molar-refractivity contribution is 0.443. The van der Waals surface area contributed by atoms with E-state index in [-0.39, 0.29) is 0 Å². The molecule has 1 fully saturated rings. The quantitative estimate of drug-likeness (QED) is 0.503. The maximum Gasteiger partial charge on any atom is 0.0712 e. The fraction of sp³-hybridized carbons (Fsp3) is 0.346. The molecule has 2 aromatic carbocycles. The minimum atomic E-state index is 0.785. The van der Waals surface area contributed by atoms with Crippen molar-refractivity contribution in [2.75, 3.05) is 0 Å². The summed E-state index contributed by atoms with van der Waals surface area (Å²) in [6, 6.07) is 18.1. The van der Waals surface area contributed by atoms with Gasteiger partial charge in [0.2, 0.25) is 0 Å². The minimum absolute atomic E-state index is 0.785. The molecule has 2 aliphatic carbocycles. The normalized spacial score (nSPS) is 17.2. The molecule has 0 atom stereocenters. The van der Waals surface area contributed by atoms with Crippen LogP contribution in [0, 0.1) is 0 Å². The number of para-hydroxylation sites is 1. The van der Waals surface area contributed by atoms with E-state index in [1.54, 1.807) is 5.56 Å². The molecule has 0 spiro atoms. The molecule has 0 radical (unpaired) electrons. The number of hydrogen-bond donors (Lipinski definition) is 0. The molecule has 0 bridgehead atoms. The Labute approximate surface area is 162 Å². The van der Waals surface area contributed by atoms with Gasteiger partial charge in [0.1, 0.15) is 0 Å². The number of aromatic nitrogens is 1. The second-order valence-corrected chi connectivity index (χ2v) is 8.17. The zero-order valence-corrected chi connectivity index (χ0v) is 16.0. The van der Waals surface area contributed by atoms with Gasteiger partial charge in [-0.25, -0.2) is 4.98 Å². The van der Waals surface area contributed by atoms with Crippen LogP contribution in [0.2, 0.25) is 0 Å². The first-order valence-electron chi connectivity index (χ1n) is 10.5. The summed E-state index contributed by atoms with van der Waals surface area (Å²) < 4.78 is 0. The third-order valence-corrected chi connectivity index (χ3v) is 6.42. The van der Waals surface area contributed by atoms with Crippen LogP contribution < -0.4 is 0 Å². The highest BCUT2D eigenvalue weighted by Gasteiger charge is 2.17. The highest BCUT2D eigenvalue weighted by atomic mass is 14.7. The van der Waals surface area contributed by atoms with Crippen LogP contribution in [0.5, 0.6) is 0 Å². The molecule has 2 aliphatic rings. The fourth-order valence-corrected chi connectivity index (χ4v) is 4.93. The number of pyridine rings is 1. The van der Waals surface area contributed by atoms with Gasteiger partial charge in [-0.1, -0.05) is 67.8 Å². The van der Waals surface area contributed by atoms with Crippen molar-refractivity contribution in [3.8, 4) is 0 Å². The van der Waals surface area contributed by atoms with Crippen LogP contribution in [0.4, 0.5) is 0 Å². The van der Waals surface area contributed by atoms with Crippen LogP contribution in [-0.2, 0) is 12.8 Å². The topological polar surface area (TPSA) is 12.9 Å². The van der Waals surface area contributed by atoms with Crippen molar-refractivity contribution in [2.45, 2.75) is 57.3 Å². The Morgan fingerprint density at radius 1 is 0.889 bits per heavy atom. The number of fused-ring (bicyclic) bond motifs is 2. The Morgan fingerprint density at radius 2 is 1.70 bits per heavy atom. The molecule has 1 saturated carbocycles. The standard InChI is InChI=1S/C26H27N/c1-2-8-20(9-3-1)21-16-14-19(15-17-21)18-24-22-10-4-6-12-25(22)27-26-13-7-5-11-23(24)26/h4,6-7,10,12-17,20H,1-3,5,8-9,11,18H2. The van der Waals surface area contributed by atoms with E-state index in [4.69, 9.17) is 4.98 Å². The van der Waals surface area contributed by atoms with Crippen molar-refractivity contribution in [3.63, 3.8) is 0 Å². The first-order valence-corrected chi connectivity index (χ1v) is 10.5. The summed E-state index contributed by atoms with van der Waals surface area (Å²) in [5.41, 5.74) is 8.19. The lowest BCUT2D eigenvalue weighted by atomic mass is 9.83. The molecule has 1 aromatic heterocycles. The van der Waals surface area contributed by atoms with Crippen molar-refractivity contribution in [1.29, 1.82) is 0 Å². The molecule has 1 nitrogen and oxygen atoms in total. The van der Waals surface area contributed by atoms with E-state index in [0.29, 0.717) is 0 Å². The van der Waals surface area contributed by atoms with Crippen molar-refractivity contribution in [2.24, 2.45) is 0 Å². The van der Waals surface area contributed by atoms with Crippen LogP contribution in [-0.4, -0.2) is 4.98 Å². The number of hydrogen-bond acceptors (Lipinski definition) is 1. The molecule has 1 heteroatoms. The third kappa shape index (κ3) is 3.32. The SMILES string of the molecule is C1=Cc2nc3ccccc3c(Cc3ccc(C4CCCCC4)cc3)c2CC1. The summed E-state index contributed by atoms with van der Waals surface area (Å²) in [5, 5.41) is 1.32. The number of benzene rings is 2. The van der Waals surface area contributed by atoms with Crippen LogP contribution in [0.25, 0.3) is 17.0 Å². The lowest BCUT2D eigenvalue weighted by Gasteiger charge is -2.22. The molecule has 5 rings (SSSR count). The van der Waals surface area contributed by atoms with Gasteiger partial charge >= 0.3 is 0 Å². The van der Waals surface area contributed by atoms with Gasteiger partial charge in [-0.15, -0.1) is 0 Å². The summed E-state index contributed by atoms with van der Waals surface area (Å²) in [5.74, 6) is 0.785. The van der Waals surface area contributed by atoms with Crippen molar-refractivity contribution < 1.29 is 0 Å². The van der Waals surface area contributed by atoms with Gasteiger partial charge in [-0.3, -0.25) is 0 Å². The highest BCUT2D eigenvalue weighted by Crippen LogP contribution is 2.34. The maximum absolute atomic E-state index is 4.91. The maximum atomic E-state index is 4.91. The van der Waals surface area contributed by atoms with Gasteiger partial charge in [0.05, 0.1) is 11.2 Å². The van der Waals surface area contributed by atoms with E-state index in [0.717, 1.165) is 30.7 Å². The Kier molecular flexibility index (Phi) is 4.53. The first-order chi connectivity index (χ1) is 13.4. The van der Waals surface area contributed by atoms with Crippen molar-refractivity contribution in [1.82, 2.24) is 4.98 Å². The lowest BCUT2D eigenvalue weighted by Crippen LogP contribution is -2.06. The zero-order valence-electron chi connectivity index (χ0n) is 16.0. The summed E-state index contributed by atoms with van der Waals surface area (Å²) in [4.78, 5) is 4.91. The molecule has 0 amide bonds. The third-order valence-electron chi connectivity index (χ3n) is 6.42. The average molecular weight is 354 g/mol. The van der Waals surface area contributed by atoms with Gasteiger partial charge in [-0.2, -0.15) is 0 Å². The number of rotatable bonds is 3. The van der Waals surface area contributed by atoms with E-state index >= 15 is 0 Å². The van der Waals surface area contributed by atoms with Crippen LogP contribution >= 0.6 is 0 Å². The minimum Gasteiger partial charge on any atom is -0.248 e. The smallest absolute Gasteiger partial charge is 0.0712 e. The second-order valence-electron chi connectivity index (χ2n) is 8.17. The molecule has 3 aromatic rings. The Bertz CT molecular complexity index is 975. The molecule has 136 valence electrons. The largest absolute Gasteiger partial charge is 0.248 e. The Morgan fingerprint density at radius 3 is 2.56 bits per heavy atom. The average Bonchev–Trinajstić information content (AvgIpc) is 2.75. The molecule has 0 unspecified atom stereocenters. The number of allylic oxidation sites excluding steroid dienone is 1. The van der Waals surface area contributed by atoms with E-state index < -0.39 is 0 Å². The summed E-state index contributed by atoms with van der Waals surface area (Å²) in [6.45, 7) is 0. The highest BCUT2D eigenvalue weighted by molar-refractivity contribution is 5.85. The molecule has 0 N–H and O–H groups in total. The molecule has 27 heavy (non-hydrogen) atoms. The predicted molar refractivity (Wildman–Crippen MR) is 114 cm³/mol. The van der Waals surface area contributed by atoms with E-state index in [1.807, 2.05) is 0 Å². The van der Waals surface area contributed by atoms with Gasteiger partial charge in [0.15, 0.2) is 0 Å². The molecular formula is C26H27N. The van der Waals surface area contributed by atoms with Gasteiger partial charge in [0.25, 0.3) is 0 Å². The summed E-state index contributed by atoms with van der Waals surface area (Å²) >= 11 is 0. The Hall–Kier alpha value is -2.41. The predicted octanol–water partition coefficient (Wildman–Crippen LogP) is 6.83. The summed E-state index contributed by atoms with van der Waals surface area (Å²) in [6.07, 6.45) is 14.7. The Balaban J connectivity index is 1.50. The molecular weight excluding hydrogens is 326 g/mol. The van der Waals surface area contributed by atoms with Gasteiger partial charge in [0, 0.05) is 5.39 Å². The second kappa shape index (κ2) is 7.31. The van der Waals surface area contributed by atoms with Crippen molar-refractivity contribution >= 4 is 17.0 Å². The summed E-state index contributed by atoms with van der Waals surface area (Å²) in [7, 11) is 0. The number of nitrogens with zero attached hydrogens (tertiary/aromatic N) is 1. The van der Waals surface area contributed by atoms with E-state index in [2.05, 4.69) is 60.7 Å². The van der Waals surface area contributed by atoms with E-state index in [1.165, 1.54) is 59.9 Å². The monoisotopic (exact) mass is 353 g/mol. The van der Waals surface area contributed by atoms with Crippen LogP contribution in [0.3, 0.4) is 0 Å². The van der Waals surface area contributed by atoms with Gasteiger partial charge in [-0.05, 0) is 72.4 Å². The van der Waals surface area contributed by atoms with Crippen LogP contribution in [0.1, 0.15) is 72.4 Å². The van der Waals surface area contributed by atoms with E-state index in [9.17, 15) is 0 Å². The fourth-order valence-electron chi connectivity index (χ4n) is 4.93. The first kappa shape index (κ1) is 16.7. The van der Waals surface area contributed by atoms with Crippen molar-refractivity contribution in [3.05, 3.63) is 82.6 Å². The molecule has 0 aliphatic heterocycles. The van der Waals surface area contributed by atoms with Crippen LogP contribution in [0.15, 0.2) is 54.6 Å².